The van der Waals surface area contributed by atoms with E-state index in [2.05, 4.69) is 6.58 Å². The Labute approximate surface area is 77.0 Å². The van der Waals surface area contributed by atoms with Crippen molar-refractivity contribution in [3.05, 3.63) is 24.5 Å². The molecule has 3 heteroatoms. The minimum Gasteiger partial charge on any atom is -0.490 e. The molecule has 0 amide bonds. The second kappa shape index (κ2) is 2.62. The van der Waals surface area contributed by atoms with Crippen LogP contribution in [0.2, 0.25) is 0 Å². The molecule has 1 aliphatic heterocycles. The van der Waals surface area contributed by atoms with Crippen LogP contribution in [0, 0.1) is 5.92 Å². The number of methoxy groups -OCH3 is 1. The third kappa shape index (κ3) is 0.996. The highest BCUT2D eigenvalue weighted by Crippen LogP contribution is 2.47. The predicted molar refractivity (Wildman–Crippen MR) is 46.8 cm³/mol. The summed E-state index contributed by atoms with van der Waals surface area (Å²) in [5, 5.41) is 0. The topological polar surface area (TPSA) is 35.5 Å². The Bertz CT molecular complexity index is 293. The van der Waals surface area contributed by atoms with E-state index < -0.39 is 5.60 Å². The summed E-state index contributed by atoms with van der Waals surface area (Å²) < 4.78 is 10.2. The number of carbonyl (C=O) groups is 1. The van der Waals surface area contributed by atoms with Gasteiger partial charge in [0.15, 0.2) is 0 Å². The SMILES string of the molecule is C=C[C@@H]1CC[C@@]12C=C(OC)C(=O)O2. The number of esters is 1. The second-order valence-electron chi connectivity index (χ2n) is 3.44. The van der Waals surface area contributed by atoms with Crippen LogP contribution in [0.25, 0.3) is 0 Å². The van der Waals surface area contributed by atoms with Crippen LogP contribution in [-0.4, -0.2) is 18.7 Å². The van der Waals surface area contributed by atoms with Crippen molar-refractivity contribution in [2.75, 3.05) is 7.11 Å². The third-order valence-corrected chi connectivity index (χ3v) is 2.84. The van der Waals surface area contributed by atoms with Crippen LogP contribution in [0.4, 0.5) is 0 Å². The van der Waals surface area contributed by atoms with Gasteiger partial charge in [-0.25, -0.2) is 4.79 Å². The average Bonchev–Trinajstić information content (AvgIpc) is 2.44. The van der Waals surface area contributed by atoms with Crippen LogP contribution in [0.5, 0.6) is 0 Å². The van der Waals surface area contributed by atoms with E-state index in [0.29, 0.717) is 5.76 Å². The highest BCUT2D eigenvalue weighted by atomic mass is 16.6. The molecule has 0 N–H and O–H groups in total. The van der Waals surface area contributed by atoms with Crippen molar-refractivity contribution in [3.8, 4) is 0 Å². The molecule has 0 aromatic rings. The predicted octanol–water partition coefficient (Wildman–Crippen LogP) is 1.41. The maximum Gasteiger partial charge on any atom is 0.374 e. The van der Waals surface area contributed by atoms with E-state index >= 15 is 0 Å². The molecule has 1 saturated carbocycles. The molecule has 1 spiro atoms. The van der Waals surface area contributed by atoms with Gasteiger partial charge in [0.2, 0.25) is 5.76 Å². The van der Waals surface area contributed by atoms with Crippen molar-refractivity contribution in [1.82, 2.24) is 0 Å². The van der Waals surface area contributed by atoms with E-state index in [1.165, 1.54) is 7.11 Å². The van der Waals surface area contributed by atoms with Crippen LogP contribution in [-0.2, 0) is 14.3 Å². The molecule has 0 radical (unpaired) electrons. The van der Waals surface area contributed by atoms with Gasteiger partial charge in [0.25, 0.3) is 0 Å². The fourth-order valence-electron chi connectivity index (χ4n) is 1.89. The van der Waals surface area contributed by atoms with E-state index in [1.807, 2.05) is 6.08 Å². The zero-order chi connectivity index (χ0) is 9.47. The van der Waals surface area contributed by atoms with Gasteiger partial charge < -0.3 is 9.47 Å². The zero-order valence-electron chi connectivity index (χ0n) is 7.58. The van der Waals surface area contributed by atoms with Crippen LogP contribution >= 0.6 is 0 Å². The Kier molecular flexibility index (Phi) is 1.68. The fraction of sp³-hybridized carbons (Fsp3) is 0.500. The molecule has 2 rings (SSSR count). The average molecular weight is 180 g/mol. The Morgan fingerprint density at radius 1 is 1.85 bits per heavy atom. The first-order valence-corrected chi connectivity index (χ1v) is 4.34. The maximum absolute atomic E-state index is 11.2. The molecule has 70 valence electrons. The van der Waals surface area contributed by atoms with Crippen LogP contribution in [0.15, 0.2) is 24.5 Å². The Balaban J connectivity index is 2.24. The second-order valence-corrected chi connectivity index (χ2v) is 3.44. The van der Waals surface area contributed by atoms with Crippen molar-refractivity contribution in [2.45, 2.75) is 18.4 Å². The molecule has 0 aromatic heterocycles. The molecule has 0 bridgehead atoms. The molecule has 1 fully saturated rings. The van der Waals surface area contributed by atoms with Crippen molar-refractivity contribution < 1.29 is 14.3 Å². The summed E-state index contributed by atoms with van der Waals surface area (Å²) >= 11 is 0. The van der Waals surface area contributed by atoms with E-state index in [9.17, 15) is 4.79 Å². The molecule has 0 saturated heterocycles. The van der Waals surface area contributed by atoms with Gasteiger partial charge in [-0.2, -0.15) is 0 Å². The number of carbonyl (C=O) groups excluding carboxylic acids is 1. The zero-order valence-corrected chi connectivity index (χ0v) is 7.58. The third-order valence-electron chi connectivity index (χ3n) is 2.84. The summed E-state index contributed by atoms with van der Waals surface area (Å²) in [5.74, 6) is 0.227. The van der Waals surface area contributed by atoms with Gasteiger partial charge in [0.05, 0.1) is 7.11 Å². The summed E-state index contributed by atoms with van der Waals surface area (Å²) in [6.45, 7) is 3.72. The van der Waals surface area contributed by atoms with E-state index in [0.717, 1.165) is 12.8 Å². The highest BCUT2D eigenvalue weighted by molar-refractivity contribution is 5.89. The fourth-order valence-corrected chi connectivity index (χ4v) is 1.89. The van der Waals surface area contributed by atoms with Gasteiger partial charge in [-0.05, 0) is 12.8 Å². The lowest BCUT2D eigenvalue weighted by atomic mass is 9.69. The Morgan fingerprint density at radius 2 is 2.62 bits per heavy atom. The van der Waals surface area contributed by atoms with Gasteiger partial charge in [0.1, 0.15) is 5.60 Å². The van der Waals surface area contributed by atoms with Crippen molar-refractivity contribution in [1.29, 1.82) is 0 Å². The Morgan fingerprint density at radius 3 is 3.00 bits per heavy atom. The summed E-state index contributed by atoms with van der Waals surface area (Å²) in [6, 6.07) is 0. The number of ether oxygens (including phenoxy) is 2. The van der Waals surface area contributed by atoms with Gasteiger partial charge >= 0.3 is 5.97 Å². The quantitative estimate of drug-likeness (QED) is 0.476. The minimum absolute atomic E-state index is 0.254. The molecule has 0 aromatic carbocycles. The van der Waals surface area contributed by atoms with E-state index in [1.54, 1.807) is 6.08 Å². The number of hydrogen-bond donors (Lipinski definition) is 0. The molecule has 1 heterocycles. The normalized spacial score (nSPS) is 36.5. The lowest BCUT2D eigenvalue weighted by Gasteiger charge is -2.42. The lowest BCUT2D eigenvalue weighted by Crippen LogP contribution is -2.45. The van der Waals surface area contributed by atoms with Gasteiger partial charge in [-0.3, -0.25) is 0 Å². The van der Waals surface area contributed by atoms with Gasteiger partial charge in [0, 0.05) is 12.0 Å². The highest BCUT2D eigenvalue weighted by Gasteiger charge is 2.52. The van der Waals surface area contributed by atoms with Crippen LogP contribution < -0.4 is 0 Å². The van der Waals surface area contributed by atoms with Crippen molar-refractivity contribution in [3.63, 3.8) is 0 Å². The first-order chi connectivity index (χ1) is 6.22. The molecule has 1 aliphatic carbocycles. The monoisotopic (exact) mass is 180 g/mol. The standard InChI is InChI=1S/C10H12O3/c1-3-7-4-5-10(7)6-8(12-2)9(11)13-10/h3,6-7H,1,4-5H2,2H3/t7-,10-/m1/s1. The lowest BCUT2D eigenvalue weighted by molar-refractivity contribution is -0.159. The van der Waals surface area contributed by atoms with Crippen molar-refractivity contribution in [2.24, 2.45) is 5.92 Å². The molecule has 13 heavy (non-hydrogen) atoms. The minimum atomic E-state index is -0.426. The molecule has 2 atom stereocenters. The first-order valence-electron chi connectivity index (χ1n) is 4.34. The first kappa shape index (κ1) is 8.35. The van der Waals surface area contributed by atoms with Gasteiger partial charge in [-0.1, -0.05) is 6.08 Å². The van der Waals surface area contributed by atoms with Crippen LogP contribution in [0.1, 0.15) is 12.8 Å². The van der Waals surface area contributed by atoms with E-state index in [-0.39, 0.29) is 11.9 Å². The van der Waals surface area contributed by atoms with Crippen LogP contribution in [0.3, 0.4) is 0 Å². The molecule has 2 aliphatic rings. The maximum atomic E-state index is 11.2. The summed E-state index contributed by atoms with van der Waals surface area (Å²) in [7, 11) is 1.48. The summed E-state index contributed by atoms with van der Waals surface area (Å²) in [6.07, 6.45) is 5.53. The summed E-state index contributed by atoms with van der Waals surface area (Å²) in [5.41, 5.74) is -0.426. The van der Waals surface area contributed by atoms with Crippen molar-refractivity contribution >= 4 is 5.97 Å². The number of rotatable bonds is 2. The molecular weight excluding hydrogens is 168 g/mol. The molecular formula is C10H12O3. The summed E-state index contributed by atoms with van der Waals surface area (Å²) in [4.78, 5) is 11.2. The Hall–Kier alpha value is -1.25. The molecule has 0 unspecified atom stereocenters. The molecule has 3 nitrogen and oxygen atoms in total. The number of hydrogen-bond acceptors (Lipinski definition) is 3. The largest absolute Gasteiger partial charge is 0.490 e. The van der Waals surface area contributed by atoms with E-state index in [4.69, 9.17) is 9.47 Å². The van der Waals surface area contributed by atoms with Gasteiger partial charge in [-0.15, -0.1) is 6.58 Å². The smallest absolute Gasteiger partial charge is 0.374 e.